The minimum absolute atomic E-state index is 0.156. The Balaban J connectivity index is 2.03. The topological polar surface area (TPSA) is 119 Å². The van der Waals surface area contributed by atoms with Crippen molar-refractivity contribution in [1.82, 2.24) is 14.6 Å². The van der Waals surface area contributed by atoms with Gasteiger partial charge in [0.2, 0.25) is 15.2 Å². The number of amides is 1. The average molecular weight is 337 g/mol. The van der Waals surface area contributed by atoms with E-state index < -0.39 is 10.0 Å². The molecule has 0 fully saturated rings. The normalized spacial score (nSPS) is 11.7. The molecule has 0 aliphatic heterocycles. The molecule has 22 heavy (non-hydrogen) atoms. The van der Waals surface area contributed by atoms with Crippen molar-refractivity contribution in [3.8, 4) is 11.3 Å². The fourth-order valence-electron chi connectivity index (χ4n) is 1.91. The molecule has 0 unspecified atom stereocenters. The molecule has 3 aromatic rings. The minimum Gasteiger partial charge on any atom is -0.326 e. The molecule has 8 nitrogen and oxygen atoms in total. The summed E-state index contributed by atoms with van der Waals surface area (Å²) in [6, 6.07) is 7.04. The number of nitrogens with two attached hydrogens (primary N) is 1. The first-order valence-corrected chi connectivity index (χ1v) is 8.46. The van der Waals surface area contributed by atoms with Gasteiger partial charge >= 0.3 is 0 Å². The van der Waals surface area contributed by atoms with E-state index in [1.807, 2.05) is 0 Å². The highest BCUT2D eigenvalue weighted by molar-refractivity contribution is 7.91. The van der Waals surface area contributed by atoms with Crippen molar-refractivity contribution in [2.45, 2.75) is 11.3 Å². The summed E-state index contributed by atoms with van der Waals surface area (Å²) in [5.74, 6) is -0.156. The molecule has 1 amide bonds. The number of imidazole rings is 1. The number of aromatic nitrogens is 3. The predicted molar refractivity (Wildman–Crippen MR) is 82.0 cm³/mol. The molecule has 3 rings (SSSR count). The highest BCUT2D eigenvalue weighted by atomic mass is 32.2. The molecular formula is C12H11N5O3S2. The third-order valence-electron chi connectivity index (χ3n) is 2.81. The van der Waals surface area contributed by atoms with Crippen LogP contribution in [0.3, 0.4) is 0 Å². The number of carbonyl (C=O) groups excluding carboxylic acids is 1. The van der Waals surface area contributed by atoms with Gasteiger partial charge in [-0.1, -0.05) is 23.5 Å². The minimum atomic E-state index is -3.85. The summed E-state index contributed by atoms with van der Waals surface area (Å²) >= 11 is 0.902. The van der Waals surface area contributed by atoms with Crippen molar-refractivity contribution in [3.05, 3.63) is 30.5 Å². The van der Waals surface area contributed by atoms with E-state index in [0.717, 1.165) is 16.9 Å². The number of primary sulfonamides is 1. The maximum absolute atomic E-state index is 11.3. The van der Waals surface area contributed by atoms with Gasteiger partial charge in [-0.05, 0) is 12.1 Å². The number of hydrogen-bond acceptors (Lipinski definition) is 6. The van der Waals surface area contributed by atoms with Crippen LogP contribution in [-0.4, -0.2) is 28.9 Å². The summed E-state index contributed by atoms with van der Waals surface area (Å²) in [6.45, 7) is 1.43. The molecular weight excluding hydrogens is 326 g/mol. The molecule has 0 bridgehead atoms. The van der Waals surface area contributed by atoms with Gasteiger partial charge in [0.15, 0.2) is 0 Å². The van der Waals surface area contributed by atoms with E-state index in [-0.39, 0.29) is 10.2 Å². The number of sulfonamides is 1. The quantitative estimate of drug-likeness (QED) is 0.740. The number of benzene rings is 1. The predicted octanol–water partition coefficient (Wildman–Crippen LogP) is 1.06. The SMILES string of the molecule is CC(=O)Nc1ccc(-c2cnc3sc(S(N)(=O)=O)nn23)cc1. The Morgan fingerprint density at radius 3 is 2.59 bits per heavy atom. The largest absolute Gasteiger partial charge is 0.326 e. The van der Waals surface area contributed by atoms with Gasteiger partial charge in [-0.25, -0.2) is 23.1 Å². The van der Waals surface area contributed by atoms with E-state index >= 15 is 0 Å². The number of hydrogen-bond donors (Lipinski definition) is 2. The van der Waals surface area contributed by atoms with Crippen molar-refractivity contribution in [1.29, 1.82) is 0 Å². The van der Waals surface area contributed by atoms with Crippen molar-refractivity contribution in [2.24, 2.45) is 5.14 Å². The maximum atomic E-state index is 11.3. The second-order valence-electron chi connectivity index (χ2n) is 4.51. The van der Waals surface area contributed by atoms with E-state index in [1.165, 1.54) is 11.4 Å². The van der Waals surface area contributed by atoms with E-state index in [1.54, 1.807) is 30.5 Å². The van der Waals surface area contributed by atoms with E-state index in [9.17, 15) is 13.2 Å². The number of fused-ring (bicyclic) bond motifs is 1. The summed E-state index contributed by atoms with van der Waals surface area (Å²) < 4.78 is 23.9. The molecule has 0 radical (unpaired) electrons. The van der Waals surface area contributed by atoms with Gasteiger partial charge in [0.05, 0.1) is 11.9 Å². The molecule has 2 heterocycles. The van der Waals surface area contributed by atoms with Crippen LogP contribution in [0.25, 0.3) is 16.2 Å². The molecule has 0 saturated carbocycles. The Hall–Kier alpha value is -2.30. The van der Waals surface area contributed by atoms with Crippen LogP contribution in [0, 0.1) is 0 Å². The summed E-state index contributed by atoms with van der Waals surface area (Å²) in [7, 11) is -3.85. The molecule has 3 N–H and O–H groups in total. The highest BCUT2D eigenvalue weighted by Crippen LogP contribution is 2.26. The summed E-state index contributed by atoms with van der Waals surface area (Å²) in [5.41, 5.74) is 2.09. The van der Waals surface area contributed by atoms with Crippen LogP contribution in [0.2, 0.25) is 0 Å². The highest BCUT2D eigenvalue weighted by Gasteiger charge is 2.18. The van der Waals surface area contributed by atoms with Gasteiger partial charge < -0.3 is 5.32 Å². The summed E-state index contributed by atoms with van der Waals surface area (Å²) in [5, 5.41) is 11.7. The first kappa shape index (κ1) is 14.6. The first-order valence-electron chi connectivity index (χ1n) is 6.10. The lowest BCUT2D eigenvalue weighted by molar-refractivity contribution is -0.114. The van der Waals surface area contributed by atoms with Gasteiger partial charge in [-0.15, -0.1) is 5.10 Å². The van der Waals surface area contributed by atoms with Crippen molar-refractivity contribution < 1.29 is 13.2 Å². The number of carbonyl (C=O) groups is 1. The zero-order valence-electron chi connectivity index (χ0n) is 11.3. The van der Waals surface area contributed by atoms with Crippen LogP contribution in [0.4, 0.5) is 5.69 Å². The van der Waals surface area contributed by atoms with Gasteiger partial charge in [-0.3, -0.25) is 4.79 Å². The first-order chi connectivity index (χ1) is 10.3. The molecule has 114 valence electrons. The summed E-state index contributed by atoms with van der Waals surface area (Å²) in [4.78, 5) is 15.6. The van der Waals surface area contributed by atoms with Crippen molar-refractivity contribution in [3.63, 3.8) is 0 Å². The zero-order chi connectivity index (χ0) is 15.9. The monoisotopic (exact) mass is 337 g/mol. The molecule has 1 aromatic carbocycles. The van der Waals surface area contributed by atoms with Gasteiger partial charge in [0.25, 0.3) is 10.0 Å². The van der Waals surface area contributed by atoms with Crippen molar-refractivity contribution >= 4 is 37.9 Å². The van der Waals surface area contributed by atoms with Crippen LogP contribution in [-0.2, 0) is 14.8 Å². The zero-order valence-corrected chi connectivity index (χ0v) is 13.0. The standard InChI is InChI=1S/C12H11N5O3S2/c1-7(18)15-9-4-2-8(3-5-9)10-6-14-11-17(10)16-12(21-11)22(13,19)20/h2-6H,1H3,(H,15,18)(H2,13,19,20). The fourth-order valence-corrected chi connectivity index (χ4v) is 3.41. The second kappa shape index (κ2) is 5.16. The van der Waals surface area contributed by atoms with Crippen molar-refractivity contribution in [2.75, 3.05) is 5.32 Å². The van der Waals surface area contributed by atoms with E-state index in [2.05, 4.69) is 15.4 Å². The van der Waals surface area contributed by atoms with Crippen LogP contribution in [0.5, 0.6) is 0 Å². The summed E-state index contributed by atoms with van der Waals surface area (Å²) in [6.07, 6.45) is 1.60. The Morgan fingerprint density at radius 1 is 1.32 bits per heavy atom. The molecule has 2 aromatic heterocycles. The lowest BCUT2D eigenvalue weighted by Crippen LogP contribution is -2.12. The Morgan fingerprint density at radius 2 is 2.00 bits per heavy atom. The molecule has 0 aliphatic rings. The van der Waals surface area contributed by atoms with Gasteiger partial charge in [0.1, 0.15) is 0 Å². The molecule has 0 spiro atoms. The molecule has 0 atom stereocenters. The van der Waals surface area contributed by atoms with Crippen LogP contribution in [0.1, 0.15) is 6.92 Å². The van der Waals surface area contributed by atoms with Crippen LogP contribution < -0.4 is 10.5 Å². The smallest absolute Gasteiger partial charge is 0.267 e. The average Bonchev–Trinajstić information content (AvgIpc) is 2.98. The fraction of sp³-hybridized carbons (Fsp3) is 0.0833. The number of anilines is 1. The lowest BCUT2D eigenvalue weighted by atomic mass is 10.1. The number of rotatable bonds is 3. The van der Waals surface area contributed by atoms with E-state index in [4.69, 9.17) is 5.14 Å². The van der Waals surface area contributed by atoms with Crippen LogP contribution >= 0.6 is 11.3 Å². The number of nitrogens with one attached hydrogen (secondary N) is 1. The van der Waals surface area contributed by atoms with Gasteiger partial charge in [0, 0.05) is 18.2 Å². The Bertz CT molecular complexity index is 956. The molecule has 10 heteroatoms. The van der Waals surface area contributed by atoms with Gasteiger partial charge in [-0.2, -0.15) is 0 Å². The second-order valence-corrected chi connectivity index (χ2v) is 7.20. The number of nitrogens with zero attached hydrogens (tertiary/aromatic N) is 3. The Kier molecular flexibility index (Phi) is 3.43. The van der Waals surface area contributed by atoms with Crippen LogP contribution in [0.15, 0.2) is 34.8 Å². The molecule has 0 aliphatic carbocycles. The Labute approximate surface area is 129 Å². The lowest BCUT2D eigenvalue weighted by Gasteiger charge is -2.03. The maximum Gasteiger partial charge on any atom is 0.267 e. The third kappa shape index (κ3) is 2.71. The van der Waals surface area contributed by atoms with E-state index in [0.29, 0.717) is 16.3 Å². The molecule has 0 saturated heterocycles. The third-order valence-corrected chi connectivity index (χ3v) is 5.04.